The molecule has 0 amide bonds. The summed E-state index contributed by atoms with van der Waals surface area (Å²) in [6.07, 6.45) is -0.303. The first kappa shape index (κ1) is 16.0. The highest BCUT2D eigenvalue weighted by Crippen LogP contribution is 2.40. The minimum atomic E-state index is -1.94. The minimum Gasteiger partial charge on any atom is -0.465 e. The standard InChI is InChI=1S/C13H17NO6/c1-3-18-11(16)13(6-7-14,12(17)19-4-2)9-5-8-20-10(9)15/h9H,3-6,8H2,1-2H3. The van der Waals surface area contributed by atoms with Gasteiger partial charge in [0.25, 0.3) is 0 Å². The van der Waals surface area contributed by atoms with Gasteiger partial charge in [0.1, 0.15) is 0 Å². The molecule has 0 aliphatic carbocycles. The molecule has 1 aliphatic heterocycles. The molecule has 1 saturated heterocycles. The lowest BCUT2D eigenvalue weighted by Crippen LogP contribution is -2.49. The zero-order valence-electron chi connectivity index (χ0n) is 11.5. The second-order valence-electron chi connectivity index (χ2n) is 4.26. The molecule has 1 heterocycles. The number of esters is 3. The molecule has 20 heavy (non-hydrogen) atoms. The molecule has 1 unspecified atom stereocenters. The summed E-state index contributed by atoms with van der Waals surface area (Å²) in [6.45, 7) is 3.33. The number of ether oxygens (including phenoxy) is 3. The first-order valence-electron chi connectivity index (χ1n) is 6.42. The predicted octanol–water partition coefficient (Wildman–Crippen LogP) is 0.576. The molecule has 1 atom stereocenters. The summed E-state index contributed by atoms with van der Waals surface area (Å²) >= 11 is 0. The van der Waals surface area contributed by atoms with Crippen LogP contribution in [0.4, 0.5) is 0 Å². The molecule has 7 nitrogen and oxygen atoms in total. The second kappa shape index (κ2) is 6.89. The Kier molecular flexibility index (Phi) is 5.50. The topological polar surface area (TPSA) is 103 Å². The summed E-state index contributed by atoms with van der Waals surface area (Å²) in [4.78, 5) is 36.2. The van der Waals surface area contributed by atoms with Crippen LogP contribution in [-0.2, 0) is 28.6 Å². The minimum absolute atomic E-state index is 0.0349. The molecule has 0 aromatic carbocycles. The largest absolute Gasteiger partial charge is 0.465 e. The maximum absolute atomic E-state index is 12.2. The Hall–Kier alpha value is -2.10. The number of hydrogen-bond acceptors (Lipinski definition) is 7. The SMILES string of the molecule is CCOC(=O)C(CC#N)(C(=O)OCC)C1CCOC1=O. The van der Waals surface area contributed by atoms with Crippen molar-refractivity contribution in [2.45, 2.75) is 26.7 Å². The molecule has 1 aliphatic rings. The van der Waals surface area contributed by atoms with Crippen LogP contribution in [0.15, 0.2) is 0 Å². The van der Waals surface area contributed by atoms with Gasteiger partial charge < -0.3 is 14.2 Å². The lowest BCUT2D eigenvalue weighted by molar-refractivity contribution is -0.179. The Bertz CT molecular complexity index is 421. The van der Waals surface area contributed by atoms with Gasteiger partial charge in [0.2, 0.25) is 0 Å². The maximum Gasteiger partial charge on any atom is 0.325 e. The fourth-order valence-electron chi connectivity index (χ4n) is 2.22. The highest BCUT2D eigenvalue weighted by Gasteiger charge is 2.59. The van der Waals surface area contributed by atoms with Crippen LogP contribution in [-0.4, -0.2) is 37.7 Å². The molecular weight excluding hydrogens is 266 g/mol. The van der Waals surface area contributed by atoms with Crippen LogP contribution in [0.3, 0.4) is 0 Å². The van der Waals surface area contributed by atoms with Crippen molar-refractivity contribution in [2.24, 2.45) is 11.3 Å². The molecule has 0 radical (unpaired) electrons. The van der Waals surface area contributed by atoms with Crippen molar-refractivity contribution < 1.29 is 28.6 Å². The van der Waals surface area contributed by atoms with E-state index in [0.29, 0.717) is 0 Å². The highest BCUT2D eigenvalue weighted by molar-refractivity contribution is 6.04. The summed E-state index contributed by atoms with van der Waals surface area (Å²) in [5.74, 6) is -3.55. The van der Waals surface area contributed by atoms with Gasteiger partial charge in [-0.25, -0.2) is 0 Å². The summed E-state index contributed by atoms with van der Waals surface area (Å²) < 4.78 is 14.6. The van der Waals surface area contributed by atoms with Gasteiger partial charge in [-0.05, 0) is 20.3 Å². The predicted molar refractivity (Wildman–Crippen MR) is 65.0 cm³/mol. The van der Waals surface area contributed by atoms with Crippen molar-refractivity contribution in [1.82, 2.24) is 0 Å². The van der Waals surface area contributed by atoms with Crippen molar-refractivity contribution in [1.29, 1.82) is 5.26 Å². The first-order chi connectivity index (χ1) is 9.54. The smallest absolute Gasteiger partial charge is 0.325 e. The van der Waals surface area contributed by atoms with Gasteiger partial charge in [0.15, 0.2) is 5.41 Å². The summed E-state index contributed by atoms with van der Waals surface area (Å²) in [6, 6.07) is 1.78. The normalized spacial score (nSPS) is 18.1. The van der Waals surface area contributed by atoms with Gasteiger partial charge in [-0.3, -0.25) is 14.4 Å². The van der Waals surface area contributed by atoms with Crippen LogP contribution < -0.4 is 0 Å². The van der Waals surface area contributed by atoms with Crippen LogP contribution in [0.1, 0.15) is 26.7 Å². The summed E-state index contributed by atoms with van der Waals surface area (Å²) in [7, 11) is 0. The third kappa shape index (κ3) is 2.74. The van der Waals surface area contributed by atoms with Crippen molar-refractivity contribution >= 4 is 17.9 Å². The summed E-state index contributed by atoms with van der Waals surface area (Å²) in [5, 5.41) is 8.97. The van der Waals surface area contributed by atoms with Crippen LogP contribution in [0.5, 0.6) is 0 Å². The number of nitrogens with zero attached hydrogens (tertiary/aromatic N) is 1. The highest BCUT2D eigenvalue weighted by atomic mass is 16.6. The lowest BCUT2D eigenvalue weighted by atomic mass is 9.72. The number of cyclic esters (lactones) is 1. The second-order valence-corrected chi connectivity index (χ2v) is 4.26. The Morgan fingerprint density at radius 1 is 1.35 bits per heavy atom. The van der Waals surface area contributed by atoms with E-state index in [4.69, 9.17) is 19.5 Å². The molecule has 0 aromatic heterocycles. The molecule has 0 N–H and O–H groups in total. The van der Waals surface area contributed by atoms with E-state index >= 15 is 0 Å². The van der Waals surface area contributed by atoms with Crippen LogP contribution in [0.2, 0.25) is 0 Å². The van der Waals surface area contributed by atoms with E-state index < -0.39 is 35.7 Å². The van der Waals surface area contributed by atoms with Crippen molar-refractivity contribution in [3.8, 4) is 6.07 Å². The quantitative estimate of drug-likeness (QED) is 0.399. The van der Waals surface area contributed by atoms with E-state index in [9.17, 15) is 14.4 Å². The van der Waals surface area contributed by atoms with E-state index in [0.717, 1.165) is 0 Å². The van der Waals surface area contributed by atoms with Crippen molar-refractivity contribution in [3.63, 3.8) is 0 Å². The first-order valence-corrected chi connectivity index (χ1v) is 6.42. The van der Waals surface area contributed by atoms with Gasteiger partial charge in [0.05, 0.1) is 38.2 Å². The molecule has 1 rings (SSSR count). The van der Waals surface area contributed by atoms with E-state index in [1.54, 1.807) is 19.9 Å². The Balaban J connectivity index is 3.25. The van der Waals surface area contributed by atoms with E-state index in [1.165, 1.54) is 0 Å². The molecule has 0 saturated carbocycles. The summed E-state index contributed by atoms with van der Waals surface area (Å²) in [5.41, 5.74) is -1.94. The molecule has 0 aromatic rings. The third-order valence-corrected chi connectivity index (χ3v) is 3.17. The van der Waals surface area contributed by atoms with Gasteiger partial charge in [-0.1, -0.05) is 0 Å². The van der Waals surface area contributed by atoms with Crippen LogP contribution in [0, 0.1) is 22.7 Å². The lowest BCUT2D eigenvalue weighted by Gasteiger charge is -2.29. The van der Waals surface area contributed by atoms with Crippen molar-refractivity contribution in [2.75, 3.05) is 19.8 Å². The number of rotatable bonds is 6. The third-order valence-electron chi connectivity index (χ3n) is 3.17. The zero-order valence-corrected chi connectivity index (χ0v) is 11.5. The van der Waals surface area contributed by atoms with Crippen LogP contribution in [0.25, 0.3) is 0 Å². The van der Waals surface area contributed by atoms with Crippen LogP contribution >= 0.6 is 0 Å². The van der Waals surface area contributed by atoms with Gasteiger partial charge in [0, 0.05) is 0 Å². The molecule has 110 valence electrons. The Morgan fingerprint density at radius 3 is 2.25 bits per heavy atom. The molecule has 1 fully saturated rings. The van der Waals surface area contributed by atoms with E-state index in [2.05, 4.69) is 0 Å². The Labute approximate surface area is 116 Å². The fraction of sp³-hybridized carbons (Fsp3) is 0.692. The zero-order chi connectivity index (χ0) is 15.2. The average Bonchev–Trinajstić information content (AvgIpc) is 2.83. The number of carbonyl (C=O) groups is 3. The molecular formula is C13H17NO6. The van der Waals surface area contributed by atoms with E-state index in [-0.39, 0.29) is 26.2 Å². The maximum atomic E-state index is 12.2. The number of hydrogen-bond donors (Lipinski definition) is 0. The molecule has 0 bridgehead atoms. The van der Waals surface area contributed by atoms with Gasteiger partial charge in [-0.15, -0.1) is 0 Å². The van der Waals surface area contributed by atoms with Gasteiger partial charge in [-0.2, -0.15) is 5.26 Å². The molecule has 0 spiro atoms. The average molecular weight is 283 g/mol. The Morgan fingerprint density at radius 2 is 1.90 bits per heavy atom. The van der Waals surface area contributed by atoms with Crippen molar-refractivity contribution in [3.05, 3.63) is 0 Å². The number of nitriles is 1. The molecule has 7 heteroatoms. The fourth-order valence-corrected chi connectivity index (χ4v) is 2.22. The monoisotopic (exact) mass is 283 g/mol. The van der Waals surface area contributed by atoms with E-state index in [1.807, 2.05) is 0 Å². The van der Waals surface area contributed by atoms with Gasteiger partial charge >= 0.3 is 17.9 Å². The number of carbonyl (C=O) groups excluding carboxylic acids is 3.